The Labute approximate surface area is 150 Å². The Bertz CT molecular complexity index is 937. The second-order valence-electron chi connectivity index (χ2n) is 6.38. The van der Waals surface area contributed by atoms with E-state index in [0.717, 1.165) is 18.5 Å². The first-order valence-corrected chi connectivity index (χ1v) is 8.64. The molecule has 3 aromatic heterocycles. The molecular formula is C19H19N5O2. The molecule has 1 N–H and O–H groups in total. The van der Waals surface area contributed by atoms with Crippen LogP contribution in [-0.4, -0.2) is 44.2 Å². The van der Waals surface area contributed by atoms with E-state index in [-0.39, 0.29) is 17.7 Å². The van der Waals surface area contributed by atoms with E-state index in [4.69, 9.17) is 0 Å². The van der Waals surface area contributed by atoms with Gasteiger partial charge in [0.25, 0.3) is 5.91 Å². The third kappa shape index (κ3) is 3.15. The van der Waals surface area contributed by atoms with Crippen molar-refractivity contribution in [3.05, 3.63) is 60.7 Å². The van der Waals surface area contributed by atoms with Crippen molar-refractivity contribution in [2.45, 2.75) is 12.8 Å². The van der Waals surface area contributed by atoms with Gasteiger partial charge in [-0.1, -0.05) is 6.07 Å². The molecule has 4 heterocycles. The third-order valence-corrected chi connectivity index (χ3v) is 4.69. The maximum atomic E-state index is 12.7. The molecule has 1 aliphatic heterocycles. The van der Waals surface area contributed by atoms with Crippen molar-refractivity contribution in [2.75, 3.05) is 18.4 Å². The average molecular weight is 349 g/mol. The number of rotatable bonds is 3. The van der Waals surface area contributed by atoms with E-state index in [2.05, 4.69) is 15.3 Å². The zero-order chi connectivity index (χ0) is 17.9. The number of pyridine rings is 2. The van der Waals surface area contributed by atoms with Gasteiger partial charge >= 0.3 is 0 Å². The zero-order valence-electron chi connectivity index (χ0n) is 14.2. The number of amides is 2. The van der Waals surface area contributed by atoms with Crippen molar-refractivity contribution in [3.63, 3.8) is 0 Å². The molecular weight excluding hydrogens is 330 g/mol. The predicted octanol–water partition coefficient (Wildman–Crippen LogP) is 2.22. The van der Waals surface area contributed by atoms with Crippen molar-refractivity contribution in [1.82, 2.24) is 19.3 Å². The molecule has 26 heavy (non-hydrogen) atoms. The van der Waals surface area contributed by atoms with Gasteiger partial charge < -0.3 is 10.2 Å². The highest BCUT2D eigenvalue weighted by atomic mass is 16.2. The summed E-state index contributed by atoms with van der Waals surface area (Å²) < 4.78 is 1.83. The van der Waals surface area contributed by atoms with Crippen LogP contribution in [0.15, 0.2) is 55.1 Å². The van der Waals surface area contributed by atoms with Gasteiger partial charge in [-0.15, -0.1) is 0 Å². The molecule has 7 heteroatoms. The fourth-order valence-corrected chi connectivity index (χ4v) is 3.33. The summed E-state index contributed by atoms with van der Waals surface area (Å²) in [5, 5.41) is 2.98. The molecule has 2 amide bonds. The first kappa shape index (κ1) is 16.3. The second-order valence-corrected chi connectivity index (χ2v) is 6.38. The van der Waals surface area contributed by atoms with Gasteiger partial charge in [-0.2, -0.15) is 0 Å². The number of carbonyl (C=O) groups excluding carboxylic acids is 2. The van der Waals surface area contributed by atoms with Crippen molar-refractivity contribution in [3.8, 4) is 0 Å². The maximum Gasteiger partial charge on any atom is 0.253 e. The van der Waals surface area contributed by atoms with Crippen LogP contribution in [0.25, 0.3) is 5.65 Å². The summed E-state index contributed by atoms with van der Waals surface area (Å²) in [6, 6.07) is 8.98. The van der Waals surface area contributed by atoms with Gasteiger partial charge in [-0.05, 0) is 37.1 Å². The van der Waals surface area contributed by atoms with Crippen LogP contribution in [-0.2, 0) is 4.79 Å². The Morgan fingerprint density at radius 1 is 1.12 bits per heavy atom. The van der Waals surface area contributed by atoms with E-state index in [0.29, 0.717) is 24.5 Å². The fourth-order valence-electron chi connectivity index (χ4n) is 3.33. The third-order valence-electron chi connectivity index (χ3n) is 4.69. The smallest absolute Gasteiger partial charge is 0.253 e. The quantitative estimate of drug-likeness (QED) is 0.786. The van der Waals surface area contributed by atoms with Crippen LogP contribution < -0.4 is 5.32 Å². The second kappa shape index (κ2) is 6.95. The van der Waals surface area contributed by atoms with Crippen LogP contribution in [0.3, 0.4) is 0 Å². The number of carbonyl (C=O) groups is 2. The number of piperidine rings is 1. The average Bonchev–Trinajstić information content (AvgIpc) is 3.18. The molecule has 3 aromatic rings. The van der Waals surface area contributed by atoms with E-state index in [1.165, 1.54) is 0 Å². The number of anilines is 1. The van der Waals surface area contributed by atoms with Gasteiger partial charge in [-0.25, -0.2) is 4.98 Å². The van der Waals surface area contributed by atoms with E-state index < -0.39 is 0 Å². The number of fused-ring (bicyclic) bond motifs is 1. The molecule has 0 aliphatic carbocycles. The highest BCUT2D eigenvalue weighted by molar-refractivity contribution is 5.96. The molecule has 0 saturated carbocycles. The van der Waals surface area contributed by atoms with Crippen LogP contribution in [0.2, 0.25) is 0 Å². The summed E-state index contributed by atoms with van der Waals surface area (Å²) in [6.07, 6.45) is 8.29. The standard InChI is InChI=1S/C19H19N5O2/c25-18(22-17-5-1-4-16-21-10-12-24(16)17)15-3-2-11-23(13-15)19(26)14-6-8-20-9-7-14/h1,4-10,12,15H,2-3,11,13H2,(H,22,25). The molecule has 1 unspecified atom stereocenters. The number of hydrogen-bond acceptors (Lipinski definition) is 4. The van der Waals surface area contributed by atoms with Gasteiger partial charge in [0, 0.05) is 43.4 Å². The van der Waals surface area contributed by atoms with Crippen molar-refractivity contribution in [2.24, 2.45) is 5.92 Å². The minimum Gasteiger partial charge on any atom is -0.338 e. The van der Waals surface area contributed by atoms with Crippen LogP contribution in [0.5, 0.6) is 0 Å². The van der Waals surface area contributed by atoms with Gasteiger partial charge in [-0.3, -0.25) is 19.0 Å². The van der Waals surface area contributed by atoms with E-state index in [1.807, 2.05) is 28.8 Å². The summed E-state index contributed by atoms with van der Waals surface area (Å²) in [5.41, 5.74) is 1.38. The zero-order valence-corrected chi connectivity index (χ0v) is 14.2. The summed E-state index contributed by atoms with van der Waals surface area (Å²) in [5.74, 6) is 0.330. The molecule has 0 spiro atoms. The Morgan fingerprint density at radius 2 is 1.96 bits per heavy atom. The molecule has 0 radical (unpaired) electrons. The summed E-state index contributed by atoms with van der Waals surface area (Å²) in [6.45, 7) is 1.09. The molecule has 1 fully saturated rings. The SMILES string of the molecule is O=C(Nc1cccc2nccn12)C1CCCN(C(=O)c2ccncc2)C1. The number of hydrogen-bond donors (Lipinski definition) is 1. The first-order chi connectivity index (χ1) is 12.7. The minimum absolute atomic E-state index is 0.0541. The lowest BCUT2D eigenvalue weighted by atomic mass is 9.96. The minimum atomic E-state index is -0.228. The van der Waals surface area contributed by atoms with E-state index >= 15 is 0 Å². The topological polar surface area (TPSA) is 79.6 Å². The van der Waals surface area contributed by atoms with Crippen molar-refractivity contribution in [1.29, 1.82) is 0 Å². The summed E-state index contributed by atoms with van der Waals surface area (Å²) in [7, 11) is 0. The largest absolute Gasteiger partial charge is 0.338 e. The number of imidazole rings is 1. The maximum absolute atomic E-state index is 12.7. The van der Waals surface area contributed by atoms with E-state index in [9.17, 15) is 9.59 Å². The molecule has 1 saturated heterocycles. The van der Waals surface area contributed by atoms with Crippen LogP contribution in [0, 0.1) is 5.92 Å². The lowest BCUT2D eigenvalue weighted by Crippen LogP contribution is -2.43. The number of nitrogens with zero attached hydrogens (tertiary/aromatic N) is 4. The first-order valence-electron chi connectivity index (χ1n) is 8.64. The molecule has 0 bridgehead atoms. The monoisotopic (exact) mass is 349 g/mol. The van der Waals surface area contributed by atoms with Crippen molar-refractivity contribution >= 4 is 23.3 Å². The molecule has 4 rings (SSSR count). The molecule has 0 aromatic carbocycles. The number of likely N-dealkylation sites (tertiary alicyclic amines) is 1. The Kier molecular flexibility index (Phi) is 4.35. The molecule has 1 aliphatic rings. The van der Waals surface area contributed by atoms with Gasteiger partial charge in [0.1, 0.15) is 11.5 Å². The Balaban J connectivity index is 1.46. The Morgan fingerprint density at radius 3 is 2.81 bits per heavy atom. The fraction of sp³-hybridized carbons (Fsp3) is 0.263. The predicted molar refractivity (Wildman–Crippen MR) is 96.7 cm³/mol. The van der Waals surface area contributed by atoms with Crippen molar-refractivity contribution < 1.29 is 9.59 Å². The van der Waals surface area contributed by atoms with E-state index in [1.54, 1.807) is 35.6 Å². The molecule has 132 valence electrons. The van der Waals surface area contributed by atoms with Gasteiger partial charge in [0.05, 0.1) is 5.92 Å². The molecule has 1 atom stereocenters. The van der Waals surface area contributed by atoms with Gasteiger partial charge in [0.15, 0.2) is 0 Å². The normalized spacial score (nSPS) is 17.2. The lowest BCUT2D eigenvalue weighted by molar-refractivity contribution is -0.121. The summed E-state index contributed by atoms with van der Waals surface area (Å²) >= 11 is 0. The van der Waals surface area contributed by atoms with Crippen LogP contribution in [0.4, 0.5) is 5.82 Å². The van der Waals surface area contributed by atoms with Crippen LogP contribution in [0.1, 0.15) is 23.2 Å². The highest BCUT2D eigenvalue weighted by Gasteiger charge is 2.29. The summed E-state index contributed by atoms with van der Waals surface area (Å²) in [4.78, 5) is 35.3. The van der Waals surface area contributed by atoms with Gasteiger partial charge in [0.2, 0.25) is 5.91 Å². The number of aromatic nitrogens is 3. The highest BCUT2D eigenvalue weighted by Crippen LogP contribution is 2.21. The Hall–Kier alpha value is -3.22. The van der Waals surface area contributed by atoms with Crippen LogP contribution >= 0.6 is 0 Å². The number of nitrogens with one attached hydrogen (secondary N) is 1. The molecule has 7 nitrogen and oxygen atoms in total. The lowest BCUT2D eigenvalue weighted by Gasteiger charge is -2.32.